The molecule has 4 fully saturated rings. The molecule has 3 aliphatic heterocycles. The molecular weight excluding hydrogens is 392 g/mol. The SMILES string of the molecule is NC1CCN(S(=O)(=O)N2[C@@H]3CC[C@H]2CC(NC(=O)c2cnn(C4CC4)c2)C3)CC1. The van der Waals surface area contributed by atoms with E-state index >= 15 is 0 Å². The van der Waals surface area contributed by atoms with Gasteiger partial charge in [-0.05, 0) is 51.4 Å². The van der Waals surface area contributed by atoms with Gasteiger partial charge in [-0.25, -0.2) is 0 Å². The Morgan fingerprint density at radius 1 is 1.03 bits per heavy atom. The molecule has 3 saturated heterocycles. The third-order valence-electron chi connectivity index (χ3n) is 6.88. The molecule has 1 saturated carbocycles. The number of nitrogens with two attached hydrogens (primary N) is 1. The molecule has 1 amide bonds. The first-order valence-electron chi connectivity index (χ1n) is 10.8. The second-order valence-electron chi connectivity index (χ2n) is 9.04. The zero-order chi connectivity index (χ0) is 20.2. The van der Waals surface area contributed by atoms with Gasteiger partial charge < -0.3 is 11.1 Å². The molecule has 2 bridgehead atoms. The molecule has 4 aliphatic rings. The van der Waals surface area contributed by atoms with E-state index in [2.05, 4.69) is 10.4 Å². The van der Waals surface area contributed by atoms with Crippen molar-refractivity contribution in [1.29, 1.82) is 0 Å². The van der Waals surface area contributed by atoms with E-state index < -0.39 is 10.2 Å². The Morgan fingerprint density at radius 2 is 1.66 bits per heavy atom. The van der Waals surface area contributed by atoms with Crippen LogP contribution in [0.25, 0.3) is 0 Å². The highest BCUT2D eigenvalue weighted by Crippen LogP contribution is 2.39. The standard InChI is InChI=1S/C19H30N6O3S/c20-14-5-7-23(8-6-14)29(27,28)25-17-3-4-18(25)10-15(9-17)22-19(26)13-11-21-24(12-13)16-1-2-16/h11-12,14-18H,1-10,20H2,(H,22,26)/t15?,17-,18+. The summed E-state index contributed by atoms with van der Waals surface area (Å²) in [7, 11) is -3.46. The van der Waals surface area contributed by atoms with Crippen LogP contribution >= 0.6 is 0 Å². The molecule has 10 heteroatoms. The summed E-state index contributed by atoms with van der Waals surface area (Å²) in [5, 5.41) is 7.41. The summed E-state index contributed by atoms with van der Waals surface area (Å²) in [6.45, 7) is 1.01. The lowest BCUT2D eigenvalue weighted by Crippen LogP contribution is -2.57. The zero-order valence-electron chi connectivity index (χ0n) is 16.6. The second-order valence-corrected chi connectivity index (χ2v) is 10.9. The van der Waals surface area contributed by atoms with Crippen molar-refractivity contribution in [1.82, 2.24) is 23.7 Å². The fraction of sp³-hybridized carbons (Fsp3) is 0.789. The lowest BCUT2D eigenvalue weighted by Gasteiger charge is -2.41. The van der Waals surface area contributed by atoms with E-state index in [9.17, 15) is 13.2 Å². The van der Waals surface area contributed by atoms with E-state index in [1.54, 1.807) is 14.8 Å². The predicted octanol–water partition coefficient (Wildman–Crippen LogP) is 0.611. The van der Waals surface area contributed by atoms with Crippen LogP contribution in [0.15, 0.2) is 12.4 Å². The first kappa shape index (κ1) is 19.5. The van der Waals surface area contributed by atoms with Crippen molar-refractivity contribution in [2.45, 2.75) is 81.6 Å². The first-order chi connectivity index (χ1) is 13.9. The maximum atomic E-state index is 13.2. The van der Waals surface area contributed by atoms with E-state index in [4.69, 9.17) is 5.73 Å². The third-order valence-corrected chi connectivity index (χ3v) is 9.02. The van der Waals surface area contributed by atoms with E-state index in [-0.39, 0.29) is 30.1 Å². The third kappa shape index (κ3) is 3.71. The Morgan fingerprint density at radius 3 is 2.28 bits per heavy atom. The summed E-state index contributed by atoms with van der Waals surface area (Å²) in [5.41, 5.74) is 6.53. The Balaban J connectivity index is 1.23. The second kappa shape index (κ2) is 7.33. The van der Waals surface area contributed by atoms with Gasteiger partial charge in [0.2, 0.25) is 0 Å². The highest BCUT2D eigenvalue weighted by Gasteiger charge is 2.49. The number of carbonyl (C=O) groups is 1. The van der Waals surface area contributed by atoms with Crippen LogP contribution in [0.1, 0.15) is 67.8 Å². The number of fused-ring (bicyclic) bond motifs is 2. The minimum absolute atomic E-state index is 0.00510. The number of nitrogens with zero attached hydrogens (tertiary/aromatic N) is 4. The van der Waals surface area contributed by atoms with Gasteiger partial charge in [-0.2, -0.15) is 22.1 Å². The van der Waals surface area contributed by atoms with E-state index in [0.29, 0.717) is 37.5 Å². The number of rotatable bonds is 5. The largest absolute Gasteiger partial charge is 0.349 e. The number of hydrogen-bond donors (Lipinski definition) is 2. The maximum Gasteiger partial charge on any atom is 0.282 e. The normalized spacial score (nSPS) is 31.8. The fourth-order valence-corrected chi connectivity index (χ4v) is 7.21. The Kier molecular flexibility index (Phi) is 4.92. The van der Waals surface area contributed by atoms with Crippen molar-refractivity contribution in [3.63, 3.8) is 0 Å². The topological polar surface area (TPSA) is 114 Å². The van der Waals surface area contributed by atoms with Crippen LogP contribution in [-0.4, -0.2) is 70.0 Å². The molecule has 1 aromatic heterocycles. The number of carbonyl (C=O) groups excluding carboxylic acids is 1. The predicted molar refractivity (Wildman–Crippen MR) is 107 cm³/mol. The van der Waals surface area contributed by atoms with Crippen molar-refractivity contribution in [3.8, 4) is 0 Å². The van der Waals surface area contributed by atoms with Crippen molar-refractivity contribution in [2.24, 2.45) is 5.73 Å². The lowest BCUT2D eigenvalue weighted by molar-refractivity contribution is 0.0906. The van der Waals surface area contributed by atoms with Crippen LogP contribution in [0.5, 0.6) is 0 Å². The van der Waals surface area contributed by atoms with Crippen LogP contribution in [0.4, 0.5) is 0 Å². The molecule has 1 unspecified atom stereocenters. The molecule has 29 heavy (non-hydrogen) atoms. The number of amides is 1. The van der Waals surface area contributed by atoms with Crippen LogP contribution in [-0.2, 0) is 10.2 Å². The van der Waals surface area contributed by atoms with Gasteiger partial charge in [0.25, 0.3) is 16.1 Å². The molecule has 0 aromatic carbocycles. The van der Waals surface area contributed by atoms with Crippen LogP contribution in [0.3, 0.4) is 0 Å². The van der Waals surface area contributed by atoms with Gasteiger partial charge in [0.1, 0.15) is 0 Å². The summed E-state index contributed by atoms with van der Waals surface area (Å²) >= 11 is 0. The number of hydrogen-bond acceptors (Lipinski definition) is 5. The molecule has 160 valence electrons. The van der Waals surface area contributed by atoms with E-state index in [1.165, 1.54) is 0 Å². The lowest BCUT2D eigenvalue weighted by atomic mass is 9.99. The quantitative estimate of drug-likeness (QED) is 0.722. The number of aromatic nitrogens is 2. The Bertz CT molecular complexity index is 860. The van der Waals surface area contributed by atoms with Gasteiger partial charge in [-0.15, -0.1) is 0 Å². The van der Waals surface area contributed by atoms with Gasteiger partial charge in [0, 0.05) is 43.5 Å². The molecular formula is C19H30N6O3S. The summed E-state index contributed by atoms with van der Waals surface area (Å²) in [4.78, 5) is 12.6. The maximum absolute atomic E-state index is 13.2. The van der Waals surface area contributed by atoms with Crippen LogP contribution in [0.2, 0.25) is 0 Å². The highest BCUT2D eigenvalue weighted by atomic mass is 32.2. The Hall–Kier alpha value is -1.49. The smallest absolute Gasteiger partial charge is 0.282 e. The molecule has 3 atom stereocenters. The number of piperidine rings is 2. The van der Waals surface area contributed by atoms with Crippen molar-refractivity contribution >= 4 is 16.1 Å². The van der Waals surface area contributed by atoms with Crippen LogP contribution in [0, 0.1) is 0 Å². The highest BCUT2D eigenvalue weighted by molar-refractivity contribution is 7.86. The molecule has 9 nitrogen and oxygen atoms in total. The Labute approximate surface area is 171 Å². The minimum atomic E-state index is -3.46. The zero-order valence-corrected chi connectivity index (χ0v) is 17.4. The summed E-state index contributed by atoms with van der Waals surface area (Å²) in [6, 6.07) is 0.488. The molecule has 4 heterocycles. The molecule has 1 aliphatic carbocycles. The van der Waals surface area contributed by atoms with Gasteiger partial charge in [0.15, 0.2) is 0 Å². The monoisotopic (exact) mass is 422 g/mol. The summed E-state index contributed by atoms with van der Waals surface area (Å²) < 4.78 is 31.7. The molecule has 0 radical (unpaired) electrons. The fourth-order valence-electron chi connectivity index (χ4n) is 5.13. The summed E-state index contributed by atoms with van der Waals surface area (Å²) in [5.74, 6) is -0.109. The minimum Gasteiger partial charge on any atom is -0.349 e. The molecule has 1 aromatic rings. The average Bonchev–Trinajstić information content (AvgIpc) is 3.34. The van der Waals surface area contributed by atoms with Gasteiger partial charge in [0.05, 0.1) is 17.8 Å². The van der Waals surface area contributed by atoms with Gasteiger partial charge >= 0.3 is 0 Å². The van der Waals surface area contributed by atoms with Crippen molar-refractivity contribution in [3.05, 3.63) is 18.0 Å². The van der Waals surface area contributed by atoms with E-state index in [0.717, 1.165) is 38.5 Å². The molecule has 3 N–H and O–H groups in total. The van der Waals surface area contributed by atoms with Crippen molar-refractivity contribution in [2.75, 3.05) is 13.1 Å². The molecule has 5 rings (SSSR count). The van der Waals surface area contributed by atoms with Crippen molar-refractivity contribution < 1.29 is 13.2 Å². The average molecular weight is 423 g/mol. The van der Waals surface area contributed by atoms with E-state index in [1.807, 2.05) is 10.9 Å². The van der Waals surface area contributed by atoms with Gasteiger partial charge in [-0.3, -0.25) is 9.48 Å². The van der Waals surface area contributed by atoms with Crippen LogP contribution < -0.4 is 11.1 Å². The first-order valence-corrected chi connectivity index (χ1v) is 12.2. The summed E-state index contributed by atoms with van der Waals surface area (Å²) in [6.07, 6.45) is 10.2. The molecule has 0 spiro atoms. The van der Waals surface area contributed by atoms with Gasteiger partial charge in [-0.1, -0.05) is 0 Å². The number of nitrogens with one attached hydrogen (secondary N) is 1.